The molecule has 112 valence electrons. The highest BCUT2D eigenvalue weighted by atomic mass is 16.5. The first kappa shape index (κ1) is 15.3. The lowest BCUT2D eigenvalue weighted by Gasteiger charge is -2.39. The maximum Gasteiger partial charge on any atom is 0.0675 e. The third-order valence-corrected chi connectivity index (χ3v) is 4.82. The van der Waals surface area contributed by atoms with Crippen molar-refractivity contribution in [1.29, 1.82) is 0 Å². The van der Waals surface area contributed by atoms with Gasteiger partial charge < -0.3 is 10.1 Å². The molecular weight excluding hydrogens is 234 g/mol. The maximum absolute atomic E-state index is 6.29. The van der Waals surface area contributed by atoms with E-state index in [1.54, 1.807) is 0 Å². The van der Waals surface area contributed by atoms with Crippen LogP contribution in [0.2, 0.25) is 0 Å². The predicted octanol–water partition coefficient (Wildman–Crippen LogP) is 4.14. The maximum atomic E-state index is 6.29. The van der Waals surface area contributed by atoms with Gasteiger partial charge in [-0.1, -0.05) is 33.6 Å². The summed E-state index contributed by atoms with van der Waals surface area (Å²) in [5, 5.41) is 3.68. The molecule has 0 bridgehead atoms. The van der Waals surface area contributed by atoms with E-state index in [-0.39, 0.29) is 0 Å². The number of hydrogen-bond donors (Lipinski definition) is 1. The first-order valence-electron chi connectivity index (χ1n) is 8.33. The summed E-state index contributed by atoms with van der Waals surface area (Å²) >= 11 is 0. The van der Waals surface area contributed by atoms with Gasteiger partial charge in [0.05, 0.1) is 12.2 Å². The van der Waals surface area contributed by atoms with E-state index in [0.717, 1.165) is 18.5 Å². The van der Waals surface area contributed by atoms with Crippen molar-refractivity contribution >= 4 is 0 Å². The monoisotopic (exact) mass is 267 g/mol. The molecule has 2 heteroatoms. The Labute approximate surface area is 119 Å². The van der Waals surface area contributed by atoms with E-state index < -0.39 is 0 Å². The molecule has 2 nitrogen and oxygen atoms in total. The van der Waals surface area contributed by atoms with E-state index in [0.29, 0.717) is 17.6 Å². The SMILES string of the molecule is CC1CC(OC(C)CNC2CCCC2)CC(C)(C)C1. The number of nitrogens with one attached hydrogen (secondary N) is 1. The van der Waals surface area contributed by atoms with Crippen LogP contribution in [0.15, 0.2) is 0 Å². The molecule has 19 heavy (non-hydrogen) atoms. The molecule has 0 heterocycles. The summed E-state index contributed by atoms with van der Waals surface area (Å²) in [5.41, 5.74) is 0.459. The second-order valence-corrected chi connectivity index (χ2v) is 7.87. The summed E-state index contributed by atoms with van der Waals surface area (Å²) in [5.74, 6) is 0.809. The average Bonchev–Trinajstić information content (AvgIpc) is 2.75. The normalized spacial score (nSPS) is 33.5. The van der Waals surface area contributed by atoms with Crippen LogP contribution in [0.3, 0.4) is 0 Å². The lowest BCUT2D eigenvalue weighted by molar-refractivity contribution is -0.0582. The van der Waals surface area contributed by atoms with Crippen LogP contribution < -0.4 is 5.32 Å². The van der Waals surface area contributed by atoms with Crippen LogP contribution in [0, 0.1) is 11.3 Å². The van der Waals surface area contributed by atoms with Gasteiger partial charge in [-0.05, 0) is 50.4 Å². The fourth-order valence-corrected chi connectivity index (χ4v) is 4.20. The lowest BCUT2D eigenvalue weighted by Crippen LogP contribution is -2.39. The summed E-state index contributed by atoms with van der Waals surface area (Å²) in [4.78, 5) is 0. The fourth-order valence-electron chi connectivity index (χ4n) is 4.20. The minimum atomic E-state index is 0.353. The highest BCUT2D eigenvalue weighted by molar-refractivity contribution is 4.84. The molecule has 3 unspecified atom stereocenters. The molecule has 3 atom stereocenters. The quantitative estimate of drug-likeness (QED) is 0.808. The van der Waals surface area contributed by atoms with E-state index in [4.69, 9.17) is 4.74 Å². The van der Waals surface area contributed by atoms with Crippen LogP contribution in [0.25, 0.3) is 0 Å². The van der Waals surface area contributed by atoms with Crippen molar-refractivity contribution in [3.63, 3.8) is 0 Å². The Hall–Kier alpha value is -0.0800. The van der Waals surface area contributed by atoms with Gasteiger partial charge in [-0.3, -0.25) is 0 Å². The van der Waals surface area contributed by atoms with E-state index in [9.17, 15) is 0 Å². The van der Waals surface area contributed by atoms with Gasteiger partial charge in [0, 0.05) is 12.6 Å². The molecule has 0 aromatic heterocycles. The van der Waals surface area contributed by atoms with Crippen molar-refractivity contribution < 1.29 is 4.74 Å². The zero-order valence-electron chi connectivity index (χ0n) is 13.4. The van der Waals surface area contributed by atoms with Crippen molar-refractivity contribution in [2.24, 2.45) is 11.3 Å². The molecule has 0 aromatic carbocycles. The Balaban J connectivity index is 1.70. The number of rotatable bonds is 5. The van der Waals surface area contributed by atoms with Crippen molar-refractivity contribution in [3.8, 4) is 0 Å². The molecule has 0 saturated heterocycles. The molecule has 2 rings (SSSR count). The number of ether oxygens (including phenoxy) is 1. The Morgan fingerprint density at radius 3 is 2.53 bits per heavy atom. The smallest absolute Gasteiger partial charge is 0.0675 e. The summed E-state index contributed by atoms with van der Waals surface area (Å²) in [6, 6.07) is 0.757. The van der Waals surface area contributed by atoms with Crippen LogP contribution in [-0.4, -0.2) is 24.8 Å². The van der Waals surface area contributed by atoms with E-state index in [2.05, 4.69) is 33.0 Å². The van der Waals surface area contributed by atoms with Gasteiger partial charge in [-0.25, -0.2) is 0 Å². The highest BCUT2D eigenvalue weighted by Gasteiger charge is 2.33. The van der Waals surface area contributed by atoms with E-state index >= 15 is 0 Å². The second-order valence-electron chi connectivity index (χ2n) is 7.87. The first-order chi connectivity index (χ1) is 8.94. The molecule has 0 radical (unpaired) electrons. The van der Waals surface area contributed by atoms with Gasteiger partial charge in [0.25, 0.3) is 0 Å². The zero-order chi connectivity index (χ0) is 13.9. The number of hydrogen-bond acceptors (Lipinski definition) is 2. The molecule has 0 aliphatic heterocycles. The molecular formula is C17H33NO. The van der Waals surface area contributed by atoms with Gasteiger partial charge in [0.2, 0.25) is 0 Å². The molecule has 2 fully saturated rings. The standard InChI is InChI=1S/C17H33NO/c1-13-9-16(11-17(3,4)10-13)19-14(2)12-18-15-7-5-6-8-15/h13-16,18H,5-12H2,1-4H3. The Kier molecular flexibility index (Phi) is 5.30. The van der Waals surface area contributed by atoms with Gasteiger partial charge >= 0.3 is 0 Å². The zero-order valence-corrected chi connectivity index (χ0v) is 13.4. The van der Waals surface area contributed by atoms with Crippen LogP contribution in [-0.2, 0) is 4.74 Å². The van der Waals surface area contributed by atoms with Crippen LogP contribution in [0.1, 0.15) is 72.6 Å². The van der Waals surface area contributed by atoms with Crippen LogP contribution in [0.4, 0.5) is 0 Å². The van der Waals surface area contributed by atoms with Gasteiger partial charge in [-0.15, -0.1) is 0 Å². The van der Waals surface area contributed by atoms with Crippen molar-refractivity contribution in [1.82, 2.24) is 5.32 Å². The third-order valence-electron chi connectivity index (χ3n) is 4.82. The van der Waals surface area contributed by atoms with Crippen molar-refractivity contribution in [3.05, 3.63) is 0 Å². The summed E-state index contributed by atoms with van der Waals surface area (Å²) in [6.07, 6.45) is 10.2. The Morgan fingerprint density at radius 2 is 1.89 bits per heavy atom. The van der Waals surface area contributed by atoms with Crippen LogP contribution in [0.5, 0.6) is 0 Å². The molecule has 2 aliphatic rings. The highest BCUT2D eigenvalue weighted by Crippen LogP contribution is 2.39. The first-order valence-corrected chi connectivity index (χ1v) is 8.33. The molecule has 2 saturated carbocycles. The Morgan fingerprint density at radius 1 is 1.21 bits per heavy atom. The van der Waals surface area contributed by atoms with Gasteiger partial charge in [0.1, 0.15) is 0 Å². The molecule has 0 aromatic rings. The predicted molar refractivity (Wildman–Crippen MR) is 81.4 cm³/mol. The minimum Gasteiger partial charge on any atom is -0.374 e. The molecule has 1 N–H and O–H groups in total. The van der Waals surface area contributed by atoms with Crippen LogP contribution >= 0.6 is 0 Å². The van der Waals surface area contributed by atoms with E-state index in [1.165, 1.54) is 44.9 Å². The second kappa shape index (κ2) is 6.58. The molecule has 2 aliphatic carbocycles. The largest absolute Gasteiger partial charge is 0.374 e. The molecule has 0 spiro atoms. The summed E-state index contributed by atoms with van der Waals surface area (Å²) in [7, 11) is 0. The Bertz CT molecular complexity index is 270. The topological polar surface area (TPSA) is 21.3 Å². The van der Waals surface area contributed by atoms with Gasteiger partial charge in [-0.2, -0.15) is 0 Å². The fraction of sp³-hybridized carbons (Fsp3) is 1.00. The van der Waals surface area contributed by atoms with Gasteiger partial charge in [0.15, 0.2) is 0 Å². The minimum absolute atomic E-state index is 0.353. The molecule has 0 amide bonds. The van der Waals surface area contributed by atoms with Crippen molar-refractivity contribution in [2.75, 3.05) is 6.54 Å². The summed E-state index contributed by atoms with van der Waals surface area (Å²) in [6.45, 7) is 10.4. The lowest BCUT2D eigenvalue weighted by atomic mass is 9.71. The van der Waals surface area contributed by atoms with E-state index in [1.807, 2.05) is 0 Å². The van der Waals surface area contributed by atoms with Crippen molar-refractivity contribution in [2.45, 2.75) is 90.9 Å². The average molecular weight is 267 g/mol. The third kappa shape index (κ3) is 5.07. The summed E-state index contributed by atoms with van der Waals surface area (Å²) < 4.78 is 6.29.